The van der Waals surface area contributed by atoms with Crippen molar-refractivity contribution in [2.45, 2.75) is 12.6 Å². The molecule has 0 aliphatic carbocycles. The predicted octanol–water partition coefficient (Wildman–Crippen LogP) is 3.11. The molecule has 3 rings (SSSR count). The van der Waals surface area contributed by atoms with E-state index in [0.717, 1.165) is 15.4 Å². The molecule has 0 bridgehead atoms. The highest BCUT2D eigenvalue weighted by atomic mass is 79.9. The van der Waals surface area contributed by atoms with E-state index in [4.69, 9.17) is 0 Å². The number of amides is 1. The van der Waals surface area contributed by atoms with Crippen LogP contribution in [0.25, 0.3) is 10.9 Å². The van der Waals surface area contributed by atoms with Crippen molar-refractivity contribution in [1.29, 1.82) is 0 Å². The molecule has 1 N–H and O–H groups in total. The van der Waals surface area contributed by atoms with Crippen LogP contribution in [-0.4, -0.2) is 34.5 Å². The molecule has 0 saturated carbocycles. The maximum Gasteiger partial charge on any atom is 0.270 e. The summed E-state index contributed by atoms with van der Waals surface area (Å²) in [5, 5.41) is 0.977. The number of rotatable bonds is 1. The van der Waals surface area contributed by atoms with E-state index in [-0.39, 0.29) is 19.0 Å². The first-order valence-corrected chi connectivity index (χ1v) is 6.50. The summed E-state index contributed by atoms with van der Waals surface area (Å²) in [6, 6.07) is 7.58. The third kappa shape index (κ3) is 1.92. The topological polar surface area (TPSA) is 36.1 Å². The summed E-state index contributed by atoms with van der Waals surface area (Å²) in [6.07, 6.45) is 0. The van der Waals surface area contributed by atoms with Gasteiger partial charge in [0.05, 0.1) is 13.1 Å². The molecule has 0 atom stereocenters. The number of benzene rings is 1. The molecule has 1 fully saturated rings. The average Bonchev–Trinajstić information content (AvgIpc) is 2.67. The SMILES string of the molecule is CC1(F)CN(C(=O)c2cc3ccc(Br)cc3[nH]2)C1. The molecule has 0 spiro atoms. The van der Waals surface area contributed by atoms with Gasteiger partial charge in [0, 0.05) is 15.4 Å². The van der Waals surface area contributed by atoms with Crippen LogP contribution >= 0.6 is 15.9 Å². The number of halogens is 2. The second kappa shape index (κ2) is 3.82. The Morgan fingerprint density at radius 3 is 2.83 bits per heavy atom. The molecule has 94 valence electrons. The third-order valence-electron chi connectivity index (χ3n) is 3.14. The minimum atomic E-state index is -1.23. The zero-order valence-electron chi connectivity index (χ0n) is 9.84. The number of carbonyl (C=O) groups excluding carboxylic acids is 1. The number of hydrogen-bond acceptors (Lipinski definition) is 1. The summed E-state index contributed by atoms with van der Waals surface area (Å²) in [7, 11) is 0. The number of alkyl halides is 1. The molecule has 0 unspecified atom stereocenters. The highest BCUT2D eigenvalue weighted by Crippen LogP contribution is 2.27. The van der Waals surface area contributed by atoms with E-state index in [9.17, 15) is 9.18 Å². The van der Waals surface area contributed by atoms with E-state index in [1.54, 1.807) is 6.07 Å². The van der Waals surface area contributed by atoms with Crippen molar-refractivity contribution in [2.75, 3.05) is 13.1 Å². The molecule has 18 heavy (non-hydrogen) atoms. The first-order chi connectivity index (χ1) is 8.44. The molecule has 1 saturated heterocycles. The number of H-pyrrole nitrogens is 1. The van der Waals surface area contributed by atoms with E-state index >= 15 is 0 Å². The van der Waals surface area contributed by atoms with E-state index in [1.807, 2.05) is 18.2 Å². The molecular formula is C13H12BrFN2O. The minimum absolute atomic E-state index is 0.141. The van der Waals surface area contributed by atoms with Crippen LogP contribution < -0.4 is 0 Å². The first-order valence-electron chi connectivity index (χ1n) is 5.71. The lowest BCUT2D eigenvalue weighted by atomic mass is 9.99. The maximum atomic E-state index is 13.4. The highest BCUT2D eigenvalue weighted by Gasteiger charge is 2.42. The predicted molar refractivity (Wildman–Crippen MR) is 71.4 cm³/mol. The number of carbonyl (C=O) groups is 1. The van der Waals surface area contributed by atoms with Crippen molar-refractivity contribution in [1.82, 2.24) is 9.88 Å². The second-order valence-corrected chi connectivity index (χ2v) is 5.90. The maximum absolute atomic E-state index is 13.4. The molecule has 5 heteroatoms. The van der Waals surface area contributed by atoms with Crippen LogP contribution in [0.4, 0.5) is 4.39 Å². The van der Waals surface area contributed by atoms with Gasteiger partial charge in [-0.25, -0.2) is 4.39 Å². The van der Waals surface area contributed by atoms with Crippen molar-refractivity contribution in [3.63, 3.8) is 0 Å². The van der Waals surface area contributed by atoms with Gasteiger partial charge in [-0.05, 0) is 25.1 Å². The lowest BCUT2D eigenvalue weighted by Crippen LogP contribution is -2.59. The first kappa shape index (κ1) is 11.7. The lowest BCUT2D eigenvalue weighted by Gasteiger charge is -2.41. The normalized spacial score (nSPS) is 17.8. The summed E-state index contributed by atoms with van der Waals surface area (Å²) in [6.45, 7) is 1.86. The van der Waals surface area contributed by atoms with Gasteiger partial charge in [0.25, 0.3) is 5.91 Å². The third-order valence-corrected chi connectivity index (χ3v) is 3.64. The Kier molecular flexibility index (Phi) is 2.48. The quantitative estimate of drug-likeness (QED) is 0.863. The van der Waals surface area contributed by atoms with Gasteiger partial charge in [-0.3, -0.25) is 4.79 Å². The Bertz CT molecular complexity index is 627. The van der Waals surface area contributed by atoms with Gasteiger partial charge in [0.15, 0.2) is 0 Å². The monoisotopic (exact) mass is 310 g/mol. The average molecular weight is 311 g/mol. The largest absolute Gasteiger partial charge is 0.350 e. The van der Waals surface area contributed by atoms with Gasteiger partial charge in [0.2, 0.25) is 0 Å². The summed E-state index contributed by atoms with van der Waals surface area (Å²) in [5.41, 5.74) is 0.180. The van der Waals surface area contributed by atoms with Crippen LogP contribution in [0.1, 0.15) is 17.4 Å². The Labute approximate surface area is 112 Å². The Morgan fingerprint density at radius 2 is 2.17 bits per heavy atom. The summed E-state index contributed by atoms with van der Waals surface area (Å²) in [5.74, 6) is -0.141. The lowest BCUT2D eigenvalue weighted by molar-refractivity contribution is -0.00816. The molecule has 3 nitrogen and oxygen atoms in total. The Morgan fingerprint density at radius 1 is 1.44 bits per heavy atom. The van der Waals surface area contributed by atoms with Gasteiger partial charge >= 0.3 is 0 Å². The Balaban J connectivity index is 1.88. The van der Waals surface area contributed by atoms with Crippen LogP contribution in [0.5, 0.6) is 0 Å². The number of aromatic amines is 1. The number of fused-ring (bicyclic) bond motifs is 1. The highest BCUT2D eigenvalue weighted by molar-refractivity contribution is 9.10. The molecule has 2 aromatic rings. The number of nitrogens with one attached hydrogen (secondary N) is 1. The van der Waals surface area contributed by atoms with Crippen LogP contribution in [-0.2, 0) is 0 Å². The van der Waals surface area contributed by atoms with Crippen LogP contribution in [0.15, 0.2) is 28.7 Å². The van der Waals surface area contributed by atoms with Crippen molar-refractivity contribution in [3.05, 3.63) is 34.4 Å². The van der Waals surface area contributed by atoms with E-state index in [2.05, 4.69) is 20.9 Å². The van der Waals surface area contributed by atoms with Gasteiger partial charge in [-0.2, -0.15) is 0 Å². The fourth-order valence-electron chi connectivity index (χ4n) is 2.28. The fourth-order valence-corrected chi connectivity index (χ4v) is 2.64. The van der Waals surface area contributed by atoms with Crippen molar-refractivity contribution in [3.8, 4) is 0 Å². The number of nitrogens with zero attached hydrogens (tertiary/aromatic N) is 1. The van der Waals surface area contributed by atoms with E-state index in [0.29, 0.717) is 5.69 Å². The molecule has 1 amide bonds. The smallest absolute Gasteiger partial charge is 0.270 e. The molecule has 0 radical (unpaired) electrons. The fraction of sp³-hybridized carbons (Fsp3) is 0.308. The standard InChI is InChI=1S/C13H12BrFN2O/c1-13(15)6-17(7-13)12(18)11-4-8-2-3-9(14)5-10(8)16-11/h2-5,16H,6-7H2,1H3. The number of hydrogen-bond donors (Lipinski definition) is 1. The van der Waals surface area contributed by atoms with Crippen molar-refractivity contribution in [2.24, 2.45) is 0 Å². The van der Waals surface area contributed by atoms with Gasteiger partial charge < -0.3 is 9.88 Å². The summed E-state index contributed by atoms with van der Waals surface area (Å²) in [4.78, 5) is 16.7. The van der Waals surface area contributed by atoms with E-state index in [1.165, 1.54) is 11.8 Å². The Hall–Kier alpha value is -1.36. The molecule has 2 heterocycles. The zero-order chi connectivity index (χ0) is 12.9. The van der Waals surface area contributed by atoms with Gasteiger partial charge in [-0.15, -0.1) is 0 Å². The molecule has 1 aliphatic heterocycles. The van der Waals surface area contributed by atoms with Crippen LogP contribution in [0, 0.1) is 0 Å². The van der Waals surface area contributed by atoms with Crippen LogP contribution in [0.3, 0.4) is 0 Å². The molecular weight excluding hydrogens is 299 g/mol. The summed E-state index contributed by atoms with van der Waals surface area (Å²) < 4.78 is 14.3. The van der Waals surface area contributed by atoms with Gasteiger partial charge in [-0.1, -0.05) is 22.0 Å². The van der Waals surface area contributed by atoms with Crippen molar-refractivity contribution < 1.29 is 9.18 Å². The summed E-state index contributed by atoms with van der Waals surface area (Å²) >= 11 is 3.38. The molecule has 1 aromatic heterocycles. The molecule has 1 aromatic carbocycles. The number of aromatic nitrogens is 1. The second-order valence-electron chi connectivity index (χ2n) is 4.99. The van der Waals surface area contributed by atoms with Crippen LogP contribution in [0.2, 0.25) is 0 Å². The molecule has 1 aliphatic rings. The number of likely N-dealkylation sites (tertiary alicyclic amines) is 1. The zero-order valence-corrected chi connectivity index (χ0v) is 11.4. The van der Waals surface area contributed by atoms with Crippen molar-refractivity contribution >= 4 is 32.7 Å². The minimum Gasteiger partial charge on any atom is -0.350 e. The van der Waals surface area contributed by atoms with Gasteiger partial charge in [0.1, 0.15) is 11.4 Å². The van der Waals surface area contributed by atoms with E-state index < -0.39 is 5.67 Å².